The van der Waals surface area contributed by atoms with Crippen LogP contribution in [0.5, 0.6) is 5.75 Å². The molecule has 0 saturated carbocycles. The van der Waals surface area contributed by atoms with Crippen molar-refractivity contribution in [2.45, 2.75) is 26.3 Å². The summed E-state index contributed by atoms with van der Waals surface area (Å²) >= 11 is 0. The molecule has 1 amide bonds. The van der Waals surface area contributed by atoms with Crippen LogP contribution in [0.15, 0.2) is 54.6 Å². The quantitative estimate of drug-likeness (QED) is 0.818. The van der Waals surface area contributed by atoms with E-state index in [0.29, 0.717) is 6.61 Å². The predicted octanol–water partition coefficient (Wildman–Crippen LogP) is 3.75. The molecule has 0 aliphatic heterocycles. The van der Waals surface area contributed by atoms with Gasteiger partial charge in [-0.2, -0.15) is 0 Å². The number of hydrogen-bond donors (Lipinski definition) is 2. The smallest absolute Gasteiger partial charge is 0.229 e. The van der Waals surface area contributed by atoms with Gasteiger partial charge in [0.1, 0.15) is 5.75 Å². The van der Waals surface area contributed by atoms with Crippen LogP contribution in [0, 0.1) is 5.92 Å². The zero-order valence-corrected chi connectivity index (χ0v) is 13.7. The number of carbonyl (C=O) groups is 1. The predicted molar refractivity (Wildman–Crippen MR) is 93.4 cm³/mol. The molecular formula is C19H24N2O2. The minimum absolute atomic E-state index is 0.103. The van der Waals surface area contributed by atoms with Crippen molar-refractivity contribution in [3.8, 4) is 5.75 Å². The zero-order chi connectivity index (χ0) is 16.7. The van der Waals surface area contributed by atoms with E-state index >= 15 is 0 Å². The summed E-state index contributed by atoms with van der Waals surface area (Å²) < 4.78 is 5.58. The van der Waals surface area contributed by atoms with Crippen molar-refractivity contribution in [3.63, 3.8) is 0 Å². The van der Waals surface area contributed by atoms with Crippen LogP contribution in [0.25, 0.3) is 0 Å². The number of rotatable bonds is 7. The standard InChI is InChI=1S/C19H24N2O2/c1-3-12-23-17-11-7-10-16(13-17)21-19(22)14(2)18(20)15-8-5-4-6-9-15/h4-11,13-14,18H,3,12,20H2,1-2H3,(H,21,22). The highest BCUT2D eigenvalue weighted by Crippen LogP contribution is 2.22. The Hall–Kier alpha value is -2.33. The van der Waals surface area contributed by atoms with E-state index in [1.54, 1.807) is 0 Å². The van der Waals surface area contributed by atoms with Gasteiger partial charge in [0.2, 0.25) is 5.91 Å². The van der Waals surface area contributed by atoms with Crippen molar-refractivity contribution in [1.82, 2.24) is 0 Å². The lowest BCUT2D eigenvalue weighted by Gasteiger charge is -2.20. The molecule has 122 valence electrons. The molecule has 0 saturated heterocycles. The number of ether oxygens (including phenoxy) is 1. The van der Waals surface area contributed by atoms with E-state index in [9.17, 15) is 4.79 Å². The SMILES string of the molecule is CCCOc1cccc(NC(=O)C(C)C(N)c2ccccc2)c1. The molecule has 0 aliphatic carbocycles. The Bertz CT molecular complexity index is 628. The van der Waals surface area contributed by atoms with Crippen LogP contribution in [-0.4, -0.2) is 12.5 Å². The summed E-state index contributed by atoms with van der Waals surface area (Å²) in [7, 11) is 0. The maximum atomic E-state index is 12.4. The van der Waals surface area contributed by atoms with Crippen LogP contribution in [0.1, 0.15) is 31.9 Å². The van der Waals surface area contributed by atoms with Crippen molar-refractivity contribution >= 4 is 11.6 Å². The fourth-order valence-corrected chi connectivity index (χ4v) is 2.27. The van der Waals surface area contributed by atoms with Crippen molar-refractivity contribution in [2.75, 3.05) is 11.9 Å². The van der Waals surface area contributed by atoms with Gasteiger partial charge in [0.05, 0.1) is 12.5 Å². The van der Waals surface area contributed by atoms with Gasteiger partial charge in [-0.1, -0.05) is 50.2 Å². The largest absolute Gasteiger partial charge is 0.494 e. The molecule has 0 fully saturated rings. The van der Waals surface area contributed by atoms with E-state index < -0.39 is 0 Å². The molecule has 23 heavy (non-hydrogen) atoms. The average molecular weight is 312 g/mol. The first-order chi connectivity index (χ1) is 11.1. The molecule has 2 aromatic carbocycles. The first-order valence-corrected chi connectivity index (χ1v) is 7.96. The van der Waals surface area contributed by atoms with Crippen molar-refractivity contribution in [3.05, 3.63) is 60.2 Å². The van der Waals surface area contributed by atoms with Gasteiger partial charge in [-0.05, 0) is 24.1 Å². The van der Waals surface area contributed by atoms with E-state index in [1.165, 1.54) is 0 Å². The van der Waals surface area contributed by atoms with Crippen molar-refractivity contribution in [2.24, 2.45) is 11.7 Å². The molecule has 2 atom stereocenters. The van der Waals surface area contributed by atoms with Gasteiger partial charge in [-0.15, -0.1) is 0 Å². The van der Waals surface area contributed by atoms with Gasteiger partial charge in [0.15, 0.2) is 0 Å². The summed E-state index contributed by atoms with van der Waals surface area (Å²) in [6.45, 7) is 4.55. The van der Waals surface area contributed by atoms with Crippen molar-refractivity contribution < 1.29 is 9.53 Å². The highest BCUT2D eigenvalue weighted by molar-refractivity contribution is 5.93. The molecule has 0 spiro atoms. The van der Waals surface area contributed by atoms with Gasteiger partial charge in [0, 0.05) is 17.8 Å². The zero-order valence-electron chi connectivity index (χ0n) is 13.7. The summed E-state index contributed by atoms with van der Waals surface area (Å²) in [5.74, 6) is 0.316. The Morgan fingerprint density at radius 2 is 1.91 bits per heavy atom. The molecule has 0 bridgehead atoms. The van der Waals surface area contributed by atoms with Gasteiger partial charge in [0.25, 0.3) is 0 Å². The summed E-state index contributed by atoms with van der Waals surface area (Å²) in [6.07, 6.45) is 0.944. The third-order valence-electron chi connectivity index (χ3n) is 3.71. The second kappa shape index (κ2) is 8.34. The monoisotopic (exact) mass is 312 g/mol. The summed E-state index contributed by atoms with van der Waals surface area (Å²) in [4.78, 5) is 12.4. The third-order valence-corrected chi connectivity index (χ3v) is 3.71. The van der Waals surface area contributed by atoms with Crippen LogP contribution in [0.2, 0.25) is 0 Å². The highest BCUT2D eigenvalue weighted by Gasteiger charge is 2.22. The Morgan fingerprint density at radius 1 is 1.17 bits per heavy atom. The maximum Gasteiger partial charge on any atom is 0.229 e. The lowest BCUT2D eigenvalue weighted by molar-refractivity contribution is -0.120. The number of carbonyl (C=O) groups excluding carboxylic acids is 1. The Labute approximate surface area is 137 Å². The lowest BCUT2D eigenvalue weighted by atomic mass is 9.94. The Kier molecular flexibility index (Phi) is 6.18. The molecule has 0 aromatic heterocycles. The Morgan fingerprint density at radius 3 is 2.61 bits per heavy atom. The van der Waals surface area contributed by atoms with Crippen LogP contribution in [-0.2, 0) is 4.79 Å². The van der Waals surface area contributed by atoms with Gasteiger partial charge < -0.3 is 15.8 Å². The van der Waals surface area contributed by atoms with Crippen LogP contribution < -0.4 is 15.8 Å². The molecule has 2 unspecified atom stereocenters. The lowest BCUT2D eigenvalue weighted by Crippen LogP contribution is -2.30. The molecule has 3 N–H and O–H groups in total. The maximum absolute atomic E-state index is 12.4. The van der Waals surface area contributed by atoms with Gasteiger partial charge in [-0.25, -0.2) is 0 Å². The summed E-state index contributed by atoms with van der Waals surface area (Å²) in [5, 5.41) is 2.91. The summed E-state index contributed by atoms with van der Waals surface area (Å²) in [6, 6.07) is 16.7. The number of benzene rings is 2. The first kappa shape index (κ1) is 17.0. The van der Waals surface area contributed by atoms with Gasteiger partial charge in [-0.3, -0.25) is 4.79 Å². The number of nitrogens with two attached hydrogens (primary N) is 1. The van der Waals surface area contributed by atoms with E-state index in [0.717, 1.165) is 23.4 Å². The molecule has 0 radical (unpaired) electrons. The number of anilines is 1. The fourth-order valence-electron chi connectivity index (χ4n) is 2.27. The van der Waals surface area contributed by atoms with E-state index in [2.05, 4.69) is 12.2 Å². The van der Waals surface area contributed by atoms with Crippen LogP contribution >= 0.6 is 0 Å². The fraction of sp³-hybridized carbons (Fsp3) is 0.316. The second-order valence-corrected chi connectivity index (χ2v) is 5.59. The van der Waals surface area contributed by atoms with Crippen molar-refractivity contribution in [1.29, 1.82) is 0 Å². The van der Waals surface area contributed by atoms with E-state index in [1.807, 2.05) is 61.5 Å². The highest BCUT2D eigenvalue weighted by atomic mass is 16.5. The van der Waals surface area contributed by atoms with E-state index in [4.69, 9.17) is 10.5 Å². The Balaban J connectivity index is 2.00. The molecule has 0 aliphatic rings. The normalized spacial score (nSPS) is 13.2. The molecule has 0 heterocycles. The number of nitrogens with one attached hydrogen (secondary N) is 1. The average Bonchev–Trinajstić information content (AvgIpc) is 2.59. The third kappa shape index (κ3) is 4.83. The molecular weight excluding hydrogens is 288 g/mol. The summed E-state index contributed by atoms with van der Waals surface area (Å²) in [5.41, 5.74) is 7.88. The number of hydrogen-bond acceptors (Lipinski definition) is 3. The number of amides is 1. The first-order valence-electron chi connectivity index (χ1n) is 7.96. The molecule has 2 aromatic rings. The minimum Gasteiger partial charge on any atom is -0.494 e. The molecule has 4 heteroatoms. The minimum atomic E-state index is -0.337. The molecule has 2 rings (SSSR count). The second-order valence-electron chi connectivity index (χ2n) is 5.59. The topological polar surface area (TPSA) is 64.3 Å². The van der Waals surface area contributed by atoms with Crippen LogP contribution in [0.4, 0.5) is 5.69 Å². The van der Waals surface area contributed by atoms with Gasteiger partial charge >= 0.3 is 0 Å². The molecule has 4 nitrogen and oxygen atoms in total. The van der Waals surface area contributed by atoms with Crippen LogP contribution in [0.3, 0.4) is 0 Å². The van der Waals surface area contributed by atoms with E-state index in [-0.39, 0.29) is 17.9 Å².